The molecular weight excluding hydrogens is 322 g/mol. The number of hydrogen-bond acceptors (Lipinski definition) is 3. The van der Waals surface area contributed by atoms with Crippen LogP contribution in [0.4, 0.5) is 13.6 Å². The Balaban J connectivity index is 2.62. The van der Waals surface area contributed by atoms with Gasteiger partial charge >= 0.3 is 12.0 Å². The van der Waals surface area contributed by atoms with Crippen LogP contribution in [0.15, 0.2) is 30.3 Å². The van der Waals surface area contributed by atoms with Gasteiger partial charge in [0.25, 0.3) is 0 Å². The van der Waals surface area contributed by atoms with Crippen molar-refractivity contribution in [2.45, 2.75) is 44.2 Å². The van der Waals surface area contributed by atoms with Crippen molar-refractivity contribution in [2.75, 3.05) is 6.61 Å². The molecule has 8 heteroatoms. The van der Waals surface area contributed by atoms with Crippen LogP contribution in [0.1, 0.15) is 24.8 Å². The summed E-state index contributed by atoms with van der Waals surface area (Å²) in [6.07, 6.45) is -2.80. The number of aliphatic hydroxyl groups excluding tert-OH is 1. The number of urea groups is 1. The summed E-state index contributed by atoms with van der Waals surface area (Å²) in [6.45, 7) is -0.601. The van der Waals surface area contributed by atoms with E-state index >= 15 is 0 Å². The predicted molar refractivity (Wildman–Crippen MR) is 84.0 cm³/mol. The van der Waals surface area contributed by atoms with Crippen molar-refractivity contribution in [3.05, 3.63) is 35.9 Å². The number of alkyl halides is 2. The number of carboxylic acids is 1. The van der Waals surface area contributed by atoms with Gasteiger partial charge in [-0.25, -0.2) is 13.6 Å². The molecule has 1 aromatic rings. The molecule has 4 N–H and O–H groups in total. The molecule has 0 bridgehead atoms. The molecule has 0 saturated heterocycles. The van der Waals surface area contributed by atoms with Crippen LogP contribution in [0, 0.1) is 0 Å². The van der Waals surface area contributed by atoms with Crippen LogP contribution in [0.2, 0.25) is 0 Å². The van der Waals surface area contributed by atoms with E-state index in [-0.39, 0.29) is 12.8 Å². The zero-order chi connectivity index (χ0) is 17.9. The fourth-order valence-electron chi connectivity index (χ4n) is 2.23. The number of benzene rings is 1. The maximum Gasteiger partial charge on any atom is 0.315 e. The van der Waals surface area contributed by atoms with Crippen molar-refractivity contribution < 1.29 is 28.6 Å². The highest BCUT2D eigenvalue weighted by Gasteiger charge is 2.19. The third kappa shape index (κ3) is 8.42. The summed E-state index contributed by atoms with van der Waals surface area (Å²) in [7, 11) is 0. The number of amides is 2. The van der Waals surface area contributed by atoms with Gasteiger partial charge < -0.3 is 20.8 Å². The lowest BCUT2D eigenvalue weighted by molar-refractivity contribution is -0.137. The van der Waals surface area contributed by atoms with Crippen LogP contribution in [0.5, 0.6) is 0 Å². The van der Waals surface area contributed by atoms with Crippen molar-refractivity contribution in [3.8, 4) is 0 Å². The molecule has 1 aromatic carbocycles. The molecule has 2 atom stereocenters. The SMILES string of the molecule is O=C(O)CCC(Cc1ccccc1)NC(=O)NC(CO)CC(F)F. The number of hydrogen-bond donors (Lipinski definition) is 4. The summed E-state index contributed by atoms with van der Waals surface area (Å²) >= 11 is 0. The summed E-state index contributed by atoms with van der Waals surface area (Å²) in [4.78, 5) is 22.7. The molecule has 0 aromatic heterocycles. The number of carbonyl (C=O) groups is 2. The highest BCUT2D eigenvalue weighted by molar-refractivity contribution is 5.74. The normalized spacial score (nSPS) is 13.3. The van der Waals surface area contributed by atoms with E-state index in [2.05, 4.69) is 10.6 Å². The monoisotopic (exact) mass is 344 g/mol. The average molecular weight is 344 g/mol. The van der Waals surface area contributed by atoms with Crippen LogP contribution >= 0.6 is 0 Å². The van der Waals surface area contributed by atoms with Crippen molar-refractivity contribution in [1.29, 1.82) is 0 Å². The van der Waals surface area contributed by atoms with E-state index in [1.165, 1.54) is 0 Å². The van der Waals surface area contributed by atoms with Crippen LogP contribution in [-0.4, -0.2) is 47.3 Å². The molecule has 2 amide bonds. The Bertz CT molecular complexity index is 514. The lowest BCUT2D eigenvalue weighted by Crippen LogP contribution is -2.48. The summed E-state index contributed by atoms with van der Waals surface area (Å²) < 4.78 is 24.7. The van der Waals surface area contributed by atoms with Crippen LogP contribution in [-0.2, 0) is 11.2 Å². The number of halogens is 2. The summed E-state index contributed by atoms with van der Waals surface area (Å²) in [5.74, 6) is -0.985. The predicted octanol–water partition coefficient (Wildman–Crippen LogP) is 1.78. The number of aliphatic hydroxyl groups is 1. The van der Waals surface area contributed by atoms with Gasteiger partial charge in [-0.2, -0.15) is 0 Å². The third-order valence-corrected chi connectivity index (χ3v) is 3.39. The highest BCUT2D eigenvalue weighted by atomic mass is 19.3. The minimum Gasteiger partial charge on any atom is -0.481 e. The van der Waals surface area contributed by atoms with E-state index in [4.69, 9.17) is 10.2 Å². The van der Waals surface area contributed by atoms with Crippen LogP contribution in [0.3, 0.4) is 0 Å². The molecule has 0 heterocycles. The topological polar surface area (TPSA) is 98.7 Å². The van der Waals surface area contributed by atoms with Crippen LogP contribution in [0.25, 0.3) is 0 Å². The molecular formula is C16H22F2N2O4. The Morgan fingerprint density at radius 1 is 1.08 bits per heavy atom. The molecule has 2 unspecified atom stereocenters. The molecule has 0 spiro atoms. The second-order valence-corrected chi connectivity index (χ2v) is 5.44. The standard InChI is InChI=1S/C16H22F2N2O4/c17-14(18)9-13(10-21)20-16(24)19-12(6-7-15(22)23)8-11-4-2-1-3-5-11/h1-5,12-14,21H,6-10H2,(H,22,23)(H2,19,20,24). The van der Waals surface area contributed by atoms with Crippen molar-refractivity contribution in [2.24, 2.45) is 0 Å². The molecule has 134 valence electrons. The molecule has 1 rings (SSSR count). The van der Waals surface area contributed by atoms with Gasteiger partial charge in [0, 0.05) is 18.9 Å². The van der Waals surface area contributed by atoms with Gasteiger partial charge in [-0.05, 0) is 18.4 Å². The highest BCUT2D eigenvalue weighted by Crippen LogP contribution is 2.08. The fraction of sp³-hybridized carbons (Fsp3) is 0.500. The molecule has 0 saturated carbocycles. The van der Waals surface area contributed by atoms with Crippen molar-refractivity contribution in [3.63, 3.8) is 0 Å². The van der Waals surface area contributed by atoms with Gasteiger partial charge in [0.15, 0.2) is 0 Å². The summed E-state index contributed by atoms with van der Waals surface area (Å²) in [5.41, 5.74) is 0.916. The quantitative estimate of drug-likeness (QED) is 0.520. The van der Waals surface area contributed by atoms with Gasteiger partial charge in [-0.3, -0.25) is 4.79 Å². The Morgan fingerprint density at radius 3 is 2.25 bits per heavy atom. The zero-order valence-electron chi connectivity index (χ0n) is 13.1. The third-order valence-electron chi connectivity index (χ3n) is 3.39. The molecule has 6 nitrogen and oxygen atoms in total. The Labute approximate surface area is 138 Å². The zero-order valence-corrected chi connectivity index (χ0v) is 13.1. The maximum absolute atomic E-state index is 12.3. The number of carboxylic acid groups (broad SMARTS) is 1. The molecule has 0 aliphatic rings. The lowest BCUT2D eigenvalue weighted by Gasteiger charge is -2.21. The minimum absolute atomic E-state index is 0.127. The van der Waals surface area contributed by atoms with Gasteiger partial charge in [0.05, 0.1) is 12.6 Å². The molecule has 0 fully saturated rings. The lowest BCUT2D eigenvalue weighted by atomic mass is 10.0. The van der Waals surface area contributed by atoms with Crippen molar-refractivity contribution >= 4 is 12.0 Å². The van der Waals surface area contributed by atoms with Gasteiger partial charge in [-0.1, -0.05) is 30.3 Å². The first-order valence-corrected chi connectivity index (χ1v) is 7.62. The van der Waals surface area contributed by atoms with E-state index < -0.39 is 43.5 Å². The van der Waals surface area contributed by atoms with E-state index in [1.807, 2.05) is 30.3 Å². The van der Waals surface area contributed by atoms with Crippen molar-refractivity contribution in [1.82, 2.24) is 10.6 Å². The smallest absolute Gasteiger partial charge is 0.315 e. The second-order valence-electron chi connectivity index (χ2n) is 5.44. The first kappa shape index (κ1) is 19.8. The Hall–Kier alpha value is -2.22. The molecule has 0 radical (unpaired) electrons. The van der Waals surface area contributed by atoms with Gasteiger partial charge in [-0.15, -0.1) is 0 Å². The van der Waals surface area contributed by atoms with Gasteiger partial charge in [0.2, 0.25) is 6.43 Å². The first-order valence-electron chi connectivity index (χ1n) is 7.62. The molecule has 0 aliphatic heterocycles. The number of rotatable bonds is 10. The van der Waals surface area contributed by atoms with E-state index in [0.29, 0.717) is 6.42 Å². The minimum atomic E-state index is -2.64. The van der Waals surface area contributed by atoms with E-state index in [9.17, 15) is 18.4 Å². The van der Waals surface area contributed by atoms with Crippen LogP contribution < -0.4 is 10.6 Å². The molecule has 0 aliphatic carbocycles. The first-order chi connectivity index (χ1) is 11.4. The molecule has 24 heavy (non-hydrogen) atoms. The maximum atomic E-state index is 12.3. The number of nitrogens with one attached hydrogen (secondary N) is 2. The fourth-order valence-corrected chi connectivity index (χ4v) is 2.23. The Morgan fingerprint density at radius 2 is 1.71 bits per heavy atom. The van der Waals surface area contributed by atoms with E-state index in [1.54, 1.807) is 0 Å². The average Bonchev–Trinajstić information content (AvgIpc) is 2.52. The largest absolute Gasteiger partial charge is 0.481 e. The number of aliphatic carboxylic acids is 1. The second kappa shape index (κ2) is 10.5. The van der Waals surface area contributed by atoms with E-state index in [0.717, 1.165) is 5.56 Å². The number of carbonyl (C=O) groups excluding carboxylic acids is 1. The Kier molecular flexibility index (Phi) is 8.70. The summed E-state index contributed by atoms with van der Waals surface area (Å²) in [5, 5.41) is 22.7. The summed E-state index contributed by atoms with van der Waals surface area (Å²) in [6, 6.07) is 6.97. The van der Waals surface area contributed by atoms with Gasteiger partial charge in [0.1, 0.15) is 0 Å².